The number of nitrogens with zero attached hydrogens (tertiary/aromatic N) is 2. The van der Waals surface area contributed by atoms with Gasteiger partial charge in [0, 0.05) is 24.3 Å². The molecule has 120 valence electrons. The van der Waals surface area contributed by atoms with Crippen molar-refractivity contribution in [1.82, 2.24) is 14.9 Å². The van der Waals surface area contributed by atoms with E-state index >= 15 is 0 Å². The maximum atomic E-state index is 12.4. The predicted molar refractivity (Wildman–Crippen MR) is 87.4 cm³/mol. The van der Waals surface area contributed by atoms with Crippen molar-refractivity contribution in [3.05, 3.63) is 22.1 Å². The molecule has 1 atom stereocenters. The van der Waals surface area contributed by atoms with Crippen molar-refractivity contribution in [3.63, 3.8) is 0 Å². The van der Waals surface area contributed by atoms with E-state index in [-0.39, 0.29) is 23.4 Å². The zero-order valence-corrected chi connectivity index (χ0v) is 14.0. The van der Waals surface area contributed by atoms with Gasteiger partial charge in [0.25, 0.3) is 5.56 Å². The standard InChI is InChI=1S/C16H23N3O2S/c1-10(2)13-8-15(21)19-12(9-22-16(19)18-13)7-14(20)17-11-5-3-4-6-11/h8,10-12H,3-7,9H2,1-2H3,(H,17,20). The average Bonchev–Trinajstić information content (AvgIpc) is 3.09. The van der Waals surface area contributed by atoms with Crippen molar-refractivity contribution >= 4 is 17.7 Å². The molecule has 1 saturated carbocycles. The number of carbonyl (C=O) groups excluding carboxylic acids is 1. The number of hydrogen-bond acceptors (Lipinski definition) is 4. The lowest BCUT2D eigenvalue weighted by Crippen LogP contribution is -2.35. The van der Waals surface area contributed by atoms with Crippen LogP contribution in [-0.4, -0.2) is 27.3 Å². The lowest BCUT2D eigenvalue weighted by Gasteiger charge is -2.16. The fraction of sp³-hybridized carbons (Fsp3) is 0.688. The van der Waals surface area contributed by atoms with Gasteiger partial charge in [-0.1, -0.05) is 38.5 Å². The summed E-state index contributed by atoms with van der Waals surface area (Å²) in [6, 6.07) is 1.88. The summed E-state index contributed by atoms with van der Waals surface area (Å²) in [6.45, 7) is 4.07. The molecule has 22 heavy (non-hydrogen) atoms. The molecular formula is C16H23N3O2S. The van der Waals surface area contributed by atoms with Gasteiger partial charge in [-0.3, -0.25) is 14.2 Å². The highest BCUT2D eigenvalue weighted by Gasteiger charge is 2.29. The van der Waals surface area contributed by atoms with Crippen LogP contribution in [-0.2, 0) is 4.79 Å². The number of thioether (sulfide) groups is 1. The highest BCUT2D eigenvalue weighted by atomic mass is 32.2. The Kier molecular flexibility index (Phi) is 4.57. The van der Waals surface area contributed by atoms with Crippen molar-refractivity contribution in [2.75, 3.05) is 5.75 Å². The molecule has 1 aromatic rings. The smallest absolute Gasteiger partial charge is 0.254 e. The molecule has 1 N–H and O–H groups in total. The van der Waals surface area contributed by atoms with Crippen LogP contribution >= 0.6 is 11.8 Å². The van der Waals surface area contributed by atoms with Gasteiger partial charge in [-0.05, 0) is 18.8 Å². The van der Waals surface area contributed by atoms with Crippen molar-refractivity contribution in [3.8, 4) is 0 Å². The molecule has 1 aromatic heterocycles. The van der Waals surface area contributed by atoms with Crippen LogP contribution in [0.3, 0.4) is 0 Å². The lowest BCUT2D eigenvalue weighted by atomic mass is 10.1. The molecule has 0 radical (unpaired) electrons. The summed E-state index contributed by atoms with van der Waals surface area (Å²) in [4.78, 5) is 29.1. The van der Waals surface area contributed by atoms with Crippen LogP contribution in [0.2, 0.25) is 0 Å². The topological polar surface area (TPSA) is 64.0 Å². The van der Waals surface area contributed by atoms with E-state index in [0.717, 1.165) is 29.4 Å². The first-order valence-electron chi connectivity index (χ1n) is 8.10. The number of carbonyl (C=O) groups is 1. The summed E-state index contributed by atoms with van der Waals surface area (Å²) < 4.78 is 1.70. The summed E-state index contributed by atoms with van der Waals surface area (Å²) in [6.07, 6.45) is 4.95. The molecule has 0 spiro atoms. The van der Waals surface area contributed by atoms with E-state index < -0.39 is 0 Å². The van der Waals surface area contributed by atoms with E-state index in [1.807, 2.05) is 13.8 Å². The molecule has 2 heterocycles. The van der Waals surface area contributed by atoms with Crippen molar-refractivity contribution in [2.24, 2.45) is 0 Å². The zero-order chi connectivity index (χ0) is 15.7. The van der Waals surface area contributed by atoms with Gasteiger partial charge in [-0.15, -0.1) is 0 Å². The third-order valence-electron chi connectivity index (χ3n) is 4.44. The molecule has 6 heteroatoms. The van der Waals surface area contributed by atoms with Gasteiger partial charge >= 0.3 is 0 Å². The summed E-state index contributed by atoms with van der Waals surface area (Å²) in [5.74, 6) is 1.05. The average molecular weight is 321 g/mol. The fourth-order valence-electron chi connectivity index (χ4n) is 3.19. The largest absolute Gasteiger partial charge is 0.353 e. The summed E-state index contributed by atoms with van der Waals surface area (Å²) >= 11 is 1.58. The van der Waals surface area contributed by atoms with Crippen LogP contribution in [0.25, 0.3) is 0 Å². The summed E-state index contributed by atoms with van der Waals surface area (Å²) in [5.41, 5.74) is 0.803. The van der Waals surface area contributed by atoms with Crippen LogP contribution in [0, 0.1) is 0 Å². The number of rotatable bonds is 4. The van der Waals surface area contributed by atoms with Gasteiger partial charge in [0.1, 0.15) is 0 Å². The number of amides is 1. The van der Waals surface area contributed by atoms with Crippen LogP contribution in [0.15, 0.2) is 16.0 Å². The van der Waals surface area contributed by atoms with Crippen LogP contribution in [0.5, 0.6) is 0 Å². The van der Waals surface area contributed by atoms with E-state index in [1.165, 1.54) is 12.8 Å². The number of aromatic nitrogens is 2. The second kappa shape index (κ2) is 6.44. The predicted octanol–water partition coefficient (Wildman–Crippen LogP) is 2.46. The van der Waals surface area contributed by atoms with Gasteiger partial charge in [0.05, 0.1) is 11.7 Å². The Hall–Kier alpha value is -1.30. The first kappa shape index (κ1) is 15.6. The quantitative estimate of drug-likeness (QED) is 0.865. The van der Waals surface area contributed by atoms with Gasteiger partial charge in [-0.25, -0.2) is 4.98 Å². The van der Waals surface area contributed by atoms with E-state index in [0.29, 0.717) is 12.5 Å². The Bertz CT molecular complexity index is 620. The van der Waals surface area contributed by atoms with E-state index in [2.05, 4.69) is 10.3 Å². The Labute approximate surface area is 134 Å². The minimum Gasteiger partial charge on any atom is -0.353 e. The van der Waals surface area contributed by atoms with Gasteiger partial charge in [0.2, 0.25) is 5.91 Å². The van der Waals surface area contributed by atoms with Crippen LogP contribution in [0.1, 0.15) is 63.6 Å². The molecule has 1 aliphatic heterocycles. The van der Waals surface area contributed by atoms with Gasteiger partial charge in [-0.2, -0.15) is 0 Å². The molecule has 1 fully saturated rings. The summed E-state index contributed by atoms with van der Waals surface area (Å²) in [5, 5.41) is 3.86. The Morgan fingerprint density at radius 3 is 2.86 bits per heavy atom. The number of nitrogens with one attached hydrogen (secondary N) is 1. The second-order valence-electron chi connectivity index (χ2n) is 6.54. The van der Waals surface area contributed by atoms with Crippen LogP contribution < -0.4 is 10.9 Å². The highest BCUT2D eigenvalue weighted by Crippen LogP contribution is 2.32. The third-order valence-corrected chi connectivity index (χ3v) is 5.54. The van der Waals surface area contributed by atoms with Gasteiger partial charge < -0.3 is 5.32 Å². The van der Waals surface area contributed by atoms with Crippen molar-refractivity contribution in [2.45, 2.75) is 69.1 Å². The van der Waals surface area contributed by atoms with E-state index in [9.17, 15) is 9.59 Å². The number of hydrogen-bond donors (Lipinski definition) is 1. The molecule has 1 amide bonds. The van der Waals surface area contributed by atoms with Crippen molar-refractivity contribution in [1.29, 1.82) is 0 Å². The molecule has 0 saturated heterocycles. The van der Waals surface area contributed by atoms with Gasteiger partial charge in [0.15, 0.2) is 5.16 Å². The molecule has 2 aliphatic rings. The molecule has 0 bridgehead atoms. The minimum absolute atomic E-state index is 0.0302. The van der Waals surface area contributed by atoms with E-state index in [1.54, 1.807) is 22.4 Å². The molecule has 5 nitrogen and oxygen atoms in total. The Morgan fingerprint density at radius 2 is 2.18 bits per heavy atom. The molecule has 1 aliphatic carbocycles. The number of fused-ring (bicyclic) bond motifs is 1. The molecule has 3 rings (SSSR count). The molecule has 0 aromatic carbocycles. The monoisotopic (exact) mass is 321 g/mol. The van der Waals surface area contributed by atoms with E-state index in [4.69, 9.17) is 0 Å². The minimum atomic E-state index is -0.0670. The molecular weight excluding hydrogens is 298 g/mol. The maximum absolute atomic E-state index is 12.4. The first-order valence-corrected chi connectivity index (χ1v) is 9.09. The Morgan fingerprint density at radius 1 is 1.45 bits per heavy atom. The lowest BCUT2D eigenvalue weighted by molar-refractivity contribution is -0.122. The Balaban J connectivity index is 1.71. The fourth-order valence-corrected chi connectivity index (χ4v) is 4.34. The zero-order valence-electron chi connectivity index (χ0n) is 13.2. The molecule has 1 unspecified atom stereocenters. The normalized spacial score (nSPS) is 21.3. The second-order valence-corrected chi connectivity index (χ2v) is 7.53. The maximum Gasteiger partial charge on any atom is 0.254 e. The first-order chi connectivity index (χ1) is 10.5. The SMILES string of the molecule is CC(C)c1cc(=O)n2c(n1)SCC2CC(=O)NC1CCCC1. The van der Waals surface area contributed by atoms with Crippen molar-refractivity contribution < 1.29 is 4.79 Å². The summed E-state index contributed by atoms with van der Waals surface area (Å²) in [7, 11) is 0. The highest BCUT2D eigenvalue weighted by molar-refractivity contribution is 7.99. The van der Waals surface area contributed by atoms with Crippen LogP contribution in [0.4, 0.5) is 0 Å². The third kappa shape index (κ3) is 3.21.